The van der Waals surface area contributed by atoms with Gasteiger partial charge in [-0.15, -0.1) is 13.2 Å². The van der Waals surface area contributed by atoms with Gasteiger partial charge in [-0.2, -0.15) is 0 Å². The van der Waals surface area contributed by atoms with Crippen LogP contribution in [0.4, 0.5) is 0 Å². The molecule has 6 saturated carbocycles. The second-order valence-electron chi connectivity index (χ2n) is 7.03. The van der Waals surface area contributed by atoms with E-state index >= 15 is 0 Å². The predicted molar refractivity (Wildman–Crippen MR) is 64.7 cm³/mol. The van der Waals surface area contributed by atoms with Gasteiger partial charge in [-0.25, -0.2) is 0 Å². The summed E-state index contributed by atoms with van der Waals surface area (Å²) in [7, 11) is 0. The number of allylic oxidation sites excluding steroid dienone is 2. The molecular formula is C16H20. The van der Waals surface area contributed by atoms with Gasteiger partial charge in [0.25, 0.3) is 0 Å². The van der Waals surface area contributed by atoms with Crippen LogP contribution in [0.2, 0.25) is 0 Å². The van der Waals surface area contributed by atoms with Crippen LogP contribution in [0.5, 0.6) is 0 Å². The highest BCUT2D eigenvalue weighted by Gasteiger charge is 3.08. The molecule has 0 aromatic heterocycles. The lowest BCUT2D eigenvalue weighted by Crippen LogP contribution is -3.09. The van der Waals surface area contributed by atoms with Crippen LogP contribution in [0.1, 0.15) is 25.7 Å². The lowest BCUT2D eigenvalue weighted by Gasteiger charge is -3.12. The van der Waals surface area contributed by atoms with Crippen LogP contribution >= 0.6 is 0 Å². The first-order chi connectivity index (χ1) is 7.85. The molecule has 0 bridgehead atoms. The van der Waals surface area contributed by atoms with Crippen LogP contribution in [0.15, 0.2) is 25.3 Å². The number of hydrogen-bond donors (Lipinski definition) is 0. The van der Waals surface area contributed by atoms with Crippen molar-refractivity contribution in [1.82, 2.24) is 0 Å². The summed E-state index contributed by atoms with van der Waals surface area (Å²) in [5.74, 6) is 7.15. The van der Waals surface area contributed by atoms with E-state index < -0.39 is 0 Å². The molecule has 84 valence electrons. The van der Waals surface area contributed by atoms with E-state index in [4.69, 9.17) is 0 Å². The molecule has 0 N–H and O–H groups in total. The van der Waals surface area contributed by atoms with Gasteiger partial charge in [0.05, 0.1) is 0 Å². The molecule has 0 unspecified atom stereocenters. The van der Waals surface area contributed by atoms with Gasteiger partial charge in [-0.1, -0.05) is 12.2 Å². The van der Waals surface area contributed by atoms with Gasteiger partial charge < -0.3 is 0 Å². The summed E-state index contributed by atoms with van der Waals surface area (Å²) in [4.78, 5) is 0. The van der Waals surface area contributed by atoms with Gasteiger partial charge in [0, 0.05) is 0 Å². The summed E-state index contributed by atoms with van der Waals surface area (Å²) in [5.41, 5.74) is 1.79. The van der Waals surface area contributed by atoms with E-state index in [0.29, 0.717) is 0 Å². The van der Waals surface area contributed by atoms with Crippen molar-refractivity contribution in [2.45, 2.75) is 25.7 Å². The first-order valence-electron chi connectivity index (χ1n) is 7.07. The zero-order valence-corrected chi connectivity index (χ0v) is 9.86. The molecule has 0 saturated heterocycles. The van der Waals surface area contributed by atoms with Crippen molar-refractivity contribution in [2.24, 2.45) is 46.3 Å². The molecule has 0 aromatic rings. The average molecular weight is 212 g/mol. The van der Waals surface area contributed by atoms with E-state index in [1.54, 1.807) is 0 Å². The minimum atomic E-state index is 0.893. The first kappa shape index (κ1) is 8.55. The first-order valence-corrected chi connectivity index (χ1v) is 7.07. The molecule has 6 aliphatic rings. The third kappa shape index (κ3) is 0.435. The average Bonchev–Trinajstić information content (AvgIpc) is 2.34. The smallest absolute Gasteiger partial charge is 0.0192 e. The van der Waals surface area contributed by atoms with Crippen molar-refractivity contribution in [3.63, 3.8) is 0 Å². The predicted octanol–water partition coefficient (Wildman–Crippen LogP) is 3.66. The maximum atomic E-state index is 3.89. The molecule has 0 amide bonds. The second-order valence-corrected chi connectivity index (χ2v) is 7.03. The molecule has 6 rings (SSSR count). The van der Waals surface area contributed by atoms with E-state index in [2.05, 4.69) is 25.3 Å². The molecule has 6 aliphatic carbocycles. The van der Waals surface area contributed by atoms with E-state index in [-0.39, 0.29) is 0 Å². The Hall–Kier alpha value is -0.520. The topological polar surface area (TPSA) is 0 Å². The van der Waals surface area contributed by atoms with Gasteiger partial charge >= 0.3 is 0 Å². The molecule has 0 aromatic carbocycles. The van der Waals surface area contributed by atoms with Crippen molar-refractivity contribution in [3.05, 3.63) is 25.3 Å². The summed E-state index contributed by atoms with van der Waals surface area (Å²) >= 11 is 0. The zero-order valence-electron chi connectivity index (χ0n) is 9.86. The highest BCUT2D eigenvalue weighted by molar-refractivity contribution is 5.54. The maximum absolute atomic E-state index is 3.89. The van der Waals surface area contributed by atoms with Crippen LogP contribution in [0, 0.1) is 46.3 Å². The molecule has 0 nitrogen and oxygen atoms in total. The lowest BCUT2D eigenvalue weighted by molar-refractivity contribution is -0.660. The molecule has 0 heteroatoms. The van der Waals surface area contributed by atoms with E-state index in [1.165, 1.54) is 61.2 Å². The van der Waals surface area contributed by atoms with Crippen LogP contribution in [-0.4, -0.2) is 0 Å². The van der Waals surface area contributed by atoms with Crippen molar-refractivity contribution in [2.75, 3.05) is 0 Å². The third-order valence-corrected chi connectivity index (χ3v) is 7.61. The summed E-state index contributed by atoms with van der Waals surface area (Å²) in [6, 6.07) is 0. The highest BCUT2D eigenvalue weighted by Crippen LogP contribution is 3.11. The summed E-state index contributed by atoms with van der Waals surface area (Å²) in [5, 5.41) is 0. The van der Waals surface area contributed by atoms with Gasteiger partial charge in [-0.05, 0) is 72.0 Å². The Labute approximate surface area is 97.8 Å². The molecule has 0 aliphatic heterocycles. The van der Waals surface area contributed by atoms with Crippen molar-refractivity contribution < 1.29 is 0 Å². The summed E-state index contributed by atoms with van der Waals surface area (Å²) < 4.78 is 0. The highest BCUT2D eigenvalue weighted by atomic mass is 15.1. The number of rotatable bonds is 6. The van der Waals surface area contributed by atoms with E-state index in [0.717, 1.165) is 10.8 Å². The van der Waals surface area contributed by atoms with Crippen molar-refractivity contribution in [1.29, 1.82) is 0 Å². The van der Waals surface area contributed by atoms with Crippen LogP contribution < -0.4 is 0 Å². The Kier molecular flexibility index (Phi) is 1.12. The molecular weight excluding hydrogens is 192 g/mol. The molecule has 0 spiro atoms. The Morgan fingerprint density at radius 3 is 1.25 bits per heavy atom. The van der Waals surface area contributed by atoms with Crippen LogP contribution in [0.25, 0.3) is 0 Å². The van der Waals surface area contributed by atoms with Gasteiger partial charge in [0.2, 0.25) is 0 Å². The summed E-state index contributed by atoms with van der Waals surface area (Å²) in [6.45, 7) is 7.78. The Balaban J connectivity index is 1.38. The Morgan fingerprint density at radius 2 is 1.00 bits per heavy atom. The molecule has 0 heterocycles. The third-order valence-electron chi connectivity index (χ3n) is 7.61. The fourth-order valence-electron chi connectivity index (χ4n) is 7.68. The maximum Gasteiger partial charge on any atom is -0.0192 e. The molecule has 0 radical (unpaired) electrons. The largest absolute Gasteiger partial charge is 0.103 e. The quantitative estimate of drug-likeness (QED) is 0.589. The van der Waals surface area contributed by atoms with E-state index in [1.807, 2.05) is 0 Å². The van der Waals surface area contributed by atoms with Gasteiger partial charge in [-0.3, -0.25) is 0 Å². The standard InChI is InChI=1S/C16H20/c1-3-5-7-15-9-12-10(15)14-11(15)13(9)16(12,14)8-6-4-2/h3-4,9-14H,1-2,5-8H2. The molecule has 16 heavy (non-hydrogen) atoms. The van der Waals surface area contributed by atoms with E-state index in [9.17, 15) is 0 Å². The fourth-order valence-corrected chi connectivity index (χ4v) is 7.68. The van der Waals surface area contributed by atoms with Crippen LogP contribution in [0.3, 0.4) is 0 Å². The van der Waals surface area contributed by atoms with Crippen LogP contribution in [-0.2, 0) is 0 Å². The monoisotopic (exact) mass is 212 g/mol. The zero-order chi connectivity index (χ0) is 10.7. The number of hydrogen-bond acceptors (Lipinski definition) is 0. The van der Waals surface area contributed by atoms with Crippen molar-refractivity contribution >= 4 is 0 Å². The Bertz CT molecular complexity index is 322. The second kappa shape index (κ2) is 2.09. The minimum Gasteiger partial charge on any atom is -0.103 e. The fraction of sp³-hybridized carbons (Fsp3) is 0.750. The molecule has 6 fully saturated rings. The Morgan fingerprint density at radius 1 is 0.688 bits per heavy atom. The van der Waals surface area contributed by atoms with Crippen molar-refractivity contribution in [3.8, 4) is 0 Å². The van der Waals surface area contributed by atoms with Gasteiger partial charge in [0.1, 0.15) is 0 Å². The normalized spacial score (nSPS) is 68.8. The SMILES string of the molecule is C=CCCC12C3C4C1C1C2C3C41CCC=C. The minimum absolute atomic E-state index is 0.893. The lowest BCUT2D eigenvalue weighted by atomic mass is 8.92. The van der Waals surface area contributed by atoms with Gasteiger partial charge in [0.15, 0.2) is 0 Å². The molecule has 0 atom stereocenters. The summed E-state index contributed by atoms with van der Waals surface area (Å²) in [6.07, 6.45) is 9.78.